The van der Waals surface area contributed by atoms with Gasteiger partial charge in [0.2, 0.25) is 0 Å². The van der Waals surface area contributed by atoms with Crippen LogP contribution in [0.3, 0.4) is 0 Å². The van der Waals surface area contributed by atoms with Crippen molar-refractivity contribution >= 4 is 16.6 Å². The average molecular weight is 252 g/mol. The Kier molecular flexibility index (Phi) is 2.43. The molecule has 0 bridgehead atoms. The van der Waals surface area contributed by atoms with Crippen molar-refractivity contribution in [1.29, 1.82) is 0 Å². The van der Waals surface area contributed by atoms with E-state index in [9.17, 15) is 13.2 Å². The number of halogens is 3. The molecule has 2 nitrogen and oxygen atoms in total. The fourth-order valence-electron chi connectivity index (χ4n) is 2.24. The fourth-order valence-corrected chi connectivity index (χ4v) is 2.24. The van der Waals surface area contributed by atoms with E-state index in [0.717, 1.165) is 16.6 Å². The minimum atomic E-state index is -4.08. The van der Waals surface area contributed by atoms with Crippen molar-refractivity contribution in [1.82, 2.24) is 4.98 Å². The highest BCUT2D eigenvalue weighted by Crippen LogP contribution is 2.38. The first-order valence-electron chi connectivity index (χ1n) is 5.71. The molecular weight excluding hydrogens is 241 g/mol. The van der Waals surface area contributed by atoms with Gasteiger partial charge in [-0.25, -0.2) is 0 Å². The van der Waals surface area contributed by atoms with E-state index in [0.29, 0.717) is 0 Å². The molecule has 2 heterocycles. The highest BCUT2D eigenvalue weighted by molar-refractivity contribution is 5.91. The number of hydrogen-bond donors (Lipinski definition) is 0. The van der Waals surface area contributed by atoms with E-state index in [-0.39, 0.29) is 13.1 Å². The second-order valence-electron chi connectivity index (χ2n) is 4.49. The van der Waals surface area contributed by atoms with Gasteiger partial charge in [0.25, 0.3) is 0 Å². The number of hydrogen-bond acceptors (Lipinski definition) is 2. The number of alkyl halides is 3. The molecule has 3 rings (SSSR count). The van der Waals surface area contributed by atoms with E-state index >= 15 is 0 Å². The molecule has 0 unspecified atom stereocenters. The number of fused-ring (bicyclic) bond motifs is 1. The summed E-state index contributed by atoms with van der Waals surface area (Å²) < 4.78 is 37.4. The van der Waals surface area contributed by atoms with Crippen LogP contribution in [0.25, 0.3) is 10.9 Å². The summed E-state index contributed by atoms with van der Waals surface area (Å²) in [6.45, 7) is 0.0784. The largest absolute Gasteiger partial charge is 0.395 e. The summed E-state index contributed by atoms with van der Waals surface area (Å²) in [7, 11) is 0. The smallest absolute Gasteiger partial charge is 0.370 e. The molecule has 1 aromatic heterocycles. The van der Waals surface area contributed by atoms with Gasteiger partial charge < -0.3 is 4.90 Å². The second-order valence-corrected chi connectivity index (χ2v) is 4.49. The number of nitrogens with zero attached hydrogens (tertiary/aromatic N) is 2. The van der Waals surface area contributed by atoms with E-state index in [1.807, 2.05) is 24.3 Å². The van der Waals surface area contributed by atoms with Crippen LogP contribution < -0.4 is 4.90 Å². The highest BCUT2D eigenvalue weighted by atomic mass is 19.4. The summed E-state index contributed by atoms with van der Waals surface area (Å²) in [6, 6.07) is 9.26. The predicted molar refractivity (Wildman–Crippen MR) is 63.5 cm³/mol. The van der Waals surface area contributed by atoms with Crippen molar-refractivity contribution in [3.63, 3.8) is 0 Å². The van der Waals surface area contributed by atoms with Crippen molar-refractivity contribution in [2.24, 2.45) is 5.92 Å². The van der Waals surface area contributed by atoms with Gasteiger partial charge in [-0.3, -0.25) is 4.98 Å². The first-order valence-corrected chi connectivity index (χ1v) is 5.71. The Morgan fingerprint density at radius 2 is 1.83 bits per heavy atom. The minimum Gasteiger partial charge on any atom is -0.370 e. The lowest BCUT2D eigenvalue weighted by molar-refractivity contribution is -0.180. The number of para-hydroxylation sites is 1. The Morgan fingerprint density at radius 3 is 2.56 bits per heavy atom. The lowest BCUT2D eigenvalue weighted by atomic mass is 9.98. The average Bonchev–Trinajstić information content (AvgIpc) is 2.25. The topological polar surface area (TPSA) is 16.1 Å². The molecule has 1 saturated heterocycles. The third-order valence-electron chi connectivity index (χ3n) is 3.31. The number of aromatic nitrogens is 1. The molecule has 18 heavy (non-hydrogen) atoms. The molecule has 0 atom stereocenters. The van der Waals surface area contributed by atoms with E-state index < -0.39 is 12.1 Å². The molecule has 94 valence electrons. The van der Waals surface area contributed by atoms with Crippen LogP contribution in [0.5, 0.6) is 0 Å². The molecule has 1 aliphatic rings. The lowest BCUT2D eigenvalue weighted by Gasteiger charge is -2.42. The van der Waals surface area contributed by atoms with Gasteiger partial charge in [-0.2, -0.15) is 13.2 Å². The maximum Gasteiger partial charge on any atom is 0.395 e. The molecule has 0 aliphatic carbocycles. The van der Waals surface area contributed by atoms with Gasteiger partial charge in [-0.05, 0) is 12.1 Å². The third-order valence-corrected chi connectivity index (χ3v) is 3.31. The normalized spacial score (nSPS) is 16.9. The highest BCUT2D eigenvalue weighted by Gasteiger charge is 2.47. The Morgan fingerprint density at radius 1 is 1.11 bits per heavy atom. The Balaban J connectivity index is 1.89. The SMILES string of the molecule is FC(F)(F)C1CN(c2ccnc3ccccc23)C1. The van der Waals surface area contributed by atoms with Gasteiger partial charge in [0, 0.05) is 30.4 Å². The lowest BCUT2D eigenvalue weighted by Crippen LogP contribution is -2.53. The number of anilines is 1. The minimum absolute atomic E-state index is 0.0392. The molecule has 1 aliphatic heterocycles. The molecule has 1 fully saturated rings. The molecule has 2 aromatic rings. The molecule has 0 spiro atoms. The zero-order valence-electron chi connectivity index (χ0n) is 9.48. The number of rotatable bonds is 1. The van der Waals surface area contributed by atoms with Crippen molar-refractivity contribution in [2.45, 2.75) is 6.18 Å². The molecular formula is C13H11F3N2. The predicted octanol–water partition coefficient (Wildman–Crippen LogP) is 3.23. The van der Waals surface area contributed by atoms with Crippen LogP contribution in [0.15, 0.2) is 36.5 Å². The van der Waals surface area contributed by atoms with Crippen molar-refractivity contribution in [3.8, 4) is 0 Å². The summed E-state index contributed by atoms with van der Waals surface area (Å²) in [5.41, 5.74) is 1.64. The van der Waals surface area contributed by atoms with Crippen molar-refractivity contribution in [2.75, 3.05) is 18.0 Å². The Hall–Kier alpha value is -1.78. The fraction of sp³-hybridized carbons (Fsp3) is 0.308. The Bertz CT molecular complexity index is 568. The van der Waals surface area contributed by atoms with Gasteiger partial charge in [0.15, 0.2) is 0 Å². The second kappa shape index (κ2) is 3.86. The molecule has 0 saturated carbocycles. The summed E-state index contributed by atoms with van der Waals surface area (Å²) in [6.07, 6.45) is -2.45. The molecule has 0 radical (unpaired) electrons. The van der Waals surface area contributed by atoms with Crippen molar-refractivity contribution < 1.29 is 13.2 Å². The zero-order valence-corrected chi connectivity index (χ0v) is 9.48. The first-order chi connectivity index (χ1) is 8.55. The van der Waals surface area contributed by atoms with Gasteiger partial charge in [-0.1, -0.05) is 18.2 Å². The maximum atomic E-state index is 12.5. The Labute approximate surface area is 102 Å². The third kappa shape index (κ3) is 1.79. The van der Waals surface area contributed by atoms with Gasteiger partial charge in [0.05, 0.1) is 11.4 Å². The molecule has 0 amide bonds. The standard InChI is InChI=1S/C13H11F3N2/c14-13(15,16)9-7-18(8-9)12-5-6-17-11-4-2-1-3-10(11)12/h1-6,9H,7-8H2. The van der Waals surface area contributed by atoms with Gasteiger partial charge in [-0.15, -0.1) is 0 Å². The van der Waals surface area contributed by atoms with Crippen LogP contribution in [0.2, 0.25) is 0 Å². The van der Waals surface area contributed by atoms with Crippen molar-refractivity contribution in [3.05, 3.63) is 36.5 Å². The first kappa shape index (κ1) is 11.3. The van der Waals surface area contributed by atoms with Crippen LogP contribution >= 0.6 is 0 Å². The van der Waals surface area contributed by atoms with Crippen LogP contribution in [-0.4, -0.2) is 24.2 Å². The van der Waals surface area contributed by atoms with E-state index in [1.54, 1.807) is 17.2 Å². The summed E-state index contributed by atoms with van der Waals surface area (Å²) in [5.74, 6) is -1.20. The number of pyridine rings is 1. The summed E-state index contributed by atoms with van der Waals surface area (Å²) >= 11 is 0. The van der Waals surface area contributed by atoms with Gasteiger partial charge >= 0.3 is 6.18 Å². The number of benzene rings is 1. The zero-order chi connectivity index (χ0) is 12.8. The van der Waals surface area contributed by atoms with E-state index in [2.05, 4.69) is 4.98 Å². The van der Waals surface area contributed by atoms with E-state index in [4.69, 9.17) is 0 Å². The van der Waals surface area contributed by atoms with Crippen LogP contribution in [0.4, 0.5) is 18.9 Å². The summed E-state index contributed by atoms with van der Waals surface area (Å²) in [4.78, 5) is 5.95. The van der Waals surface area contributed by atoms with Gasteiger partial charge in [0.1, 0.15) is 0 Å². The van der Waals surface area contributed by atoms with E-state index in [1.165, 1.54) is 0 Å². The summed E-state index contributed by atoms with van der Waals surface area (Å²) in [5, 5.41) is 0.903. The molecule has 5 heteroatoms. The maximum absolute atomic E-state index is 12.5. The molecule has 1 aromatic carbocycles. The van der Waals surface area contributed by atoms with Crippen LogP contribution in [-0.2, 0) is 0 Å². The van der Waals surface area contributed by atoms with Crippen LogP contribution in [0, 0.1) is 5.92 Å². The molecule has 0 N–H and O–H groups in total. The monoisotopic (exact) mass is 252 g/mol. The quantitative estimate of drug-likeness (QED) is 0.774. The van der Waals surface area contributed by atoms with Crippen LogP contribution in [0.1, 0.15) is 0 Å².